The molecule has 0 aliphatic heterocycles. The number of nitrogens with two attached hydrogens (primary N) is 1. The van der Waals surface area contributed by atoms with Crippen LogP contribution in [0.2, 0.25) is 0 Å². The number of rotatable bonds is 2. The van der Waals surface area contributed by atoms with Gasteiger partial charge in [0, 0.05) is 6.07 Å². The topological polar surface area (TPSA) is 105 Å². The average Bonchev–Trinajstić information content (AvgIpc) is 2.58. The van der Waals surface area contributed by atoms with Crippen LogP contribution in [0, 0.1) is 0 Å². The summed E-state index contributed by atoms with van der Waals surface area (Å²) in [7, 11) is 1.64. The van der Waals surface area contributed by atoms with Crippen LogP contribution in [-0.4, -0.2) is 30.0 Å². The lowest BCUT2D eigenvalue weighted by Gasteiger charge is -2.00. The van der Waals surface area contributed by atoms with E-state index in [2.05, 4.69) is 20.5 Å². The number of hydrogen-bond acceptors (Lipinski definition) is 6. The summed E-state index contributed by atoms with van der Waals surface area (Å²) in [6, 6.07) is 2.79. The summed E-state index contributed by atoms with van der Waals surface area (Å²) in [4.78, 5) is 12.7. The number of nitrogen functional groups attached to an aromatic ring is 1. The van der Waals surface area contributed by atoms with E-state index < -0.39 is 0 Å². The Labute approximate surface area is 84.3 Å². The van der Waals surface area contributed by atoms with Crippen LogP contribution in [0.4, 0.5) is 5.82 Å². The molecular formula is C7H9N7O. The summed E-state index contributed by atoms with van der Waals surface area (Å²) in [6.07, 6.45) is 0. The quantitative estimate of drug-likeness (QED) is 0.635. The van der Waals surface area contributed by atoms with Crippen molar-refractivity contribution in [3.63, 3.8) is 0 Å². The smallest absolute Gasteiger partial charge is 0.267 e. The Kier molecular flexibility index (Phi) is 2.16. The van der Waals surface area contributed by atoms with Crippen molar-refractivity contribution < 1.29 is 0 Å². The zero-order valence-corrected chi connectivity index (χ0v) is 8.03. The number of nitrogens with zero attached hydrogens (tertiary/aromatic N) is 6. The summed E-state index contributed by atoms with van der Waals surface area (Å²) >= 11 is 0. The van der Waals surface area contributed by atoms with E-state index in [9.17, 15) is 4.79 Å². The second kappa shape index (κ2) is 3.48. The Hall–Kier alpha value is -2.25. The standard InChI is InChI=1S/C7H9N7O/c1-13-11-6(9-12-13)4-14-7(15)3-2-5(8)10-14/h2-3H,4H2,1H3,(H2,8,10). The van der Waals surface area contributed by atoms with Crippen molar-refractivity contribution in [2.75, 3.05) is 5.73 Å². The minimum Gasteiger partial charge on any atom is -0.382 e. The van der Waals surface area contributed by atoms with Gasteiger partial charge in [0.2, 0.25) is 0 Å². The maximum atomic E-state index is 11.3. The van der Waals surface area contributed by atoms with Gasteiger partial charge in [-0.25, -0.2) is 4.68 Å². The van der Waals surface area contributed by atoms with E-state index in [1.165, 1.54) is 21.6 Å². The molecule has 0 atom stereocenters. The van der Waals surface area contributed by atoms with Crippen molar-refractivity contribution >= 4 is 5.82 Å². The third kappa shape index (κ3) is 1.98. The fraction of sp³-hybridized carbons (Fsp3) is 0.286. The van der Waals surface area contributed by atoms with Gasteiger partial charge in [-0.15, -0.1) is 10.2 Å². The van der Waals surface area contributed by atoms with Gasteiger partial charge < -0.3 is 5.73 Å². The van der Waals surface area contributed by atoms with E-state index >= 15 is 0 Å². The van der Waals surface area contributed by atoms with E-state index in [4.69, 9.17) is 5.73 Å². The molecule has 0 radical (unpaired) electrons. The van der Waals surface area contributed by atoms with E-state index in [-0.39, 0.29) is 17.9 Å². The highest BCUT2D eigenvalue weighted by Crippen LogP contribution is 1.92. The molecule has 0 fully saturated rings. The van der Waals surface area contributed by atoms with Gasteiger partial charge in [0.1, 0.15) is 12.4 Å². The second-order valence-electron chi connectivity index (χ2n) is 2.95. The minimum atomic E-state index is -0.253. The predicted octanol–water partition coefficient (Wildman–Crippen LogP) is -1.60. The predicted molar refractivity (Wildman–Crippen MR) is 50.8 cm³/mol. The lowest BCUT2D eigenvalue weighted by atomic mass is 10.5. The zero-order chi connectivity index (χ0) is 10.8. The maximum Gasteiger partial charge on any atom is 0.267 e. The van der Waals surface area contributed by atoms with Gasteiger partial charge in [0.15, 0.2) is 5.82 Å². The van der Waals surface area contributed by atoms with E-state index in [1.54, 1.807) is 7.05 Å². The van der Waals surface area contributed by atoms with Crippen molar-refractivity contribution in [1.82, 2.24) is 30.0 Å². The fourth-order valence-corrected chi connectivity index (χ4v) is 1.10. The van der Waals surface area contributed by atoms with Gasteiger partial charge in [0.05, 0.1) is 7.05 Å². The molecule has 2 heterocycles. The van der Waals surface area contributed by atoms with E-state index in [1.807, 2.05) is 0 Å². The Balaban J connectivity index is 2.31. The van der Waals surface area contributed by atoms with Gasteiger partial charge in [-0.2, -0.15) is 9.90 Å². The van der Waals surface area contributed by atoms with Crippen molar-refractivity contribution in [2.45, 2.75) is 6.54 Å². The summed E-state index contributed by atoms with van der Waals surface area (Å²) in [5, 5.41) is 15.2. The highest BCUT2D eigenvalue weighted by atomic mass is 16.1. The Morgan fingerprint density at radius 1 is 1.40 bits per heavy atom. The van der Waals surface area contributed by atoms with Crippen molar-refractivity contribution in [1.29, 1.82) is 0 Å². The van der Waals surface area contributed by atoms with Gasteiger partial charge in [-0.3, -0.25) is 4.79 Å². The van der Waals surface area contributed by atoms with Crippen LogP contribution in [-0.2, 0) is 13.6 Å². The van der Waals surface area contributed by atoms with Gasteiger partial charge in [-0.05, 0) is 11.3 Å². The summed E-state index contributed by atoms with van der Waals surface area (Å²) in [6.45, 7) is 0.164. The molecular weight excluding hydrogens is 198 g/mol. The second-order valence-corrected chi connectivity index (χ2v) is 2.95. The average molecular weight is 207 g/mol. The van der Waals surface area contributed by atoms with Gasteiger partial charge in [-0.1, -0.05) is 0 Å². The monoisotopic (exact) mass is 207 g/mol. The Bertz CT molecular complexity index is 528. The van der Waals surface area contributed by atoms with Gasteiger partial charge >= 0.3 is 0 Å². The van der Waals surface area contributed by atoms with E-state index in [0.29, 0.717) is 5.82 Å². The van der Waals surface area contributed by atoms with Crippen LogP contribution >= 0.6 is 0 Å². The Morgan fingerprint density at radius 3 is 2.87 bits per heavy atom. The van der Waals surface area contributed by atoms with Crippen LogP contribution in [0.3, 0.4) is 0 Å². The lowest BCUT2D eigenvalue weighted by Crippen LogP contribution is -2.23. The van der Waals surface area contributed by atoms with Gasteiger partial charge in [0.25, 0.3) is 5.56 Å². The van der Waals surface area contributed by atoms with Crippen molar-refractivity contribution in [2.24, 2.45) is 7.05 Å². The molecule has 0 spiro atoms. The molecule has 2 rings (SSSR count). The van der Waals surface area contributed by atoms with Crippen molar-refractivity contribution in [3.8, 4) is 0 Å². The molecule has 0 aromatic carbocycles. The molecule has 0 saturated heterocycles. The van der Waals surface area contributed by atoms with E-state index in [0.717, 1.165) is 0 Å². The third-order valence-electron chi connectivity index (χ3n) is 1.73. The molecule has 78 valence electrons. The molecule has 15 heavy (non-hydrogen) atoms. The van der Waals surface area contributed by atoms with Crippen LogP contribution in [0.15, 0.2) is 16.9 Å². The molecule has 2 aromatic heterocycles. The number of hydrogen-bond donors (Lipinski definition) is 1. The van der Waals surface area contributed by atoms with Crippen LogP contribution in [0.25, 0.3) is 0 Å². The third-order valence-corrected chi connectivity index (χ3v) is 1.73. The number of aryl methyl sites for hydroxylation is 1. The number of aromatic nitrogens is 6. The molecule has 8 heteroatoms. The fourth-order valence-electron chi connectivity index (χ4n) is 1.10. The molecule has 0 aliphatic rings. The SMILES string of the molecule is Cn1nnc(Cn2nc(N)ccc2=O)n1. The number of anilines is 1. The highest BCUT2D eigenvalue weighted by molar-refractivity contribution is 5.23. The van der Waals surface area contributed by atoms with Crippen LogP contribution in [0.5, 0.6) is 0 Å². The molecule has 8 nitrogen and oxygen atoms in total. The zero-order valence-electron chi connectivity index (χ0n) is 8.03. The summed E-state index contributed by atoms with van der Waals surface area (Å²) < 4.78 is 1.19. The molecule has 2 N–H and O–H groups in total. The minimum absolute atomic E-state index is 0.164. The first-order chi connectivity index (χ1) is 7.15. The highest BCUT2D eigenvalue weighted by Gasteiger charge is 2.04. The molecule has 0 saturated carbocycles. The first-order valence-corrected chi connectivity index (χ1v) is 4.21. The maximum absolute atomic E-state index is 11.3. The molecule has 2 aromatic rings. The normalized spacial score (nSPS) is 10.5. The van der Waals surface area contributed by atoms with Crippen LogP contribution < -0.4 is 11.3 Å². The summed E-state index contributed by atoms with van der Waals surface area (Å²) in [5.74, 6) is 0.691. The largest absolute Gasteiger partial charge is 0.382 e. The Morgan fingerprint density at radius 2 is 2.20 bits per heavy atom. The molecule has 0 unspecified atom stereocenters. The van der Waals surface area contributed by atoms with Crippen molar-refractivity contribution in [3.05, 3.63) is 28.3 Å². The lowest BCUT2D eigenvalue weighted by molar-refractivity contribution is 0.603. The first kappa shape index (κ1) is 9.31. The molecule has 0 aliphatic carbocycles. The molecule has 0 amide bonds. The number of tetrazole rings is 1. The van der Waals surface area contributed by atoms with Crippen LogP contribution in [0.1, 0.15) is 5.82 Å². The molecule has 0 bridgehead atoms. The first-order valence-electron chi connectivity index (χ1n) is 4.21. The summed E-state index contributed by atoms with van der Waals surface area (Å²) in [5.41, 5.74) is 5.20.